The van der Waals surface area contributed by atoms with Crippen LogP contribution in [0.3, 0.4) is 0 Å². The third-order valence-corrected chi connectivity index (χ3v) is 7.31. The minimum absolute atomic E-state index is 0.127. The summed E-state index contributed by atoms with van der Waals surface area (Å²) in [5.41, 5.74) is 12.0. The molecule has 0 nitrogen and oxygen atoms in total. The molecule has 5 rings (SSSR count). The number of rotatable bonds is 0. The fourth-order valence-electron chi connectivity index (χ4n) is 5.62. The highest BCUT2D eigenvalue weighted by molar-refractivity contribution is 5.89. The maximum Gasteiger partial charge on any atom is 0.0155 e. The van der Waals surface area contributed by atoms with Crippen LogP contribution in [0.15, 0.2) is 91.0 Å². The van der Waals surface area contributed by atoms with Crippen LogP contribution in [0.1, 0.15) is 55.5 Å². The molecule has 0 spiro atoms. The van der Waals surface area contributed by atoms with Crippen molar-refractivity contribution < 1.29 is 0 Å². The van der Waals surface area contributed by atoms with E-state index in [0.29, 0.717) is 0 Å². The highest BCUT2D eigenvalue weighted by Gasteiger charge is 2.36. The second kappa shape index (κ2) is 6.95. The smallest absolute Gasteiger partial charge is 0.0155 e. The highest BCUT2D eigenvalue weighted by atomic mass is 14.4. The molecule has 0 heterocycles. The SMILES string of the molecule is Cc1cccc2c1-c1ccccc1C(C)(C)c1ccccc1C(C)(C)c1ccccc1-2. The monoisotopic (exact) mass is 402 g/mol. The fourth-order valence-corrected chi connectivity index (χ4v) is 5.62. The molecule has 4 aromatic carbocycles. The number of hydrogen-bond donors (Lipinski definition) is 0. The third-order valence-electron chi connectivity index (χ3n) is 7.31. The number of aryl methyl sites for hydroxylation is 1. The van der Waals surface area contributed by atoms with Gasteiger partial charge in [-0.05, 0) is 57.0 Å². The van der Waals surface area contributed by atoms with Gasteiger partial charge in [0.05, 0.1) is 0 Å². The first-order valence-electron chi connectivity index (χ1n) is 11.2. The van der Waals surface area contributed by atoms with Crippen molar-refractivity contribution in [1.29, 1.82) is 0 Å². The fraction of sp³-hybridized carbons (Fsp3) is 0.226. The molecule has 0 saturated carbocycles. The molecule has 1 aliphatic rings. The molecule has 4 aromatic rings. The minimum Gasteiger partial charge on any atom is -0.0619 e. The Hall–Kier alpha value is -3.12. The van der Waals surface area contributed by atoms with Crippen LogP contribution < -0.4 is 0 Å². The standard InChI is InChI=1S/C31H30/c1-21-13-12-16-23-22-14-6-8-17-25(22)30(2,3)27-19-10-11-20-28(27)31(4,5)26-18-9-7-15-24(26)29(21)23/h6-20H,1-5H3. The van der Waals surface area contributed by atoms with E-state index < -0.39 is 0 Å². The van der Waals surface area contributed by atoms with Crippen LogP contribution in [0, 0.1) is 6.92 Å². The Kier molecular flexibility index (Phi) is 4.45. The van der Waals surface area contributed by atoms with Crippen molar-refractivity contribution in [1.82, 2.24) is 0 Å². The maximum absolute atomic E-state index is 2.38. The zero-order valence-electron chi connectivity index (χ0n) is 19.2. The summed E-state index contributed by atoms with van der Waals surface area (Å²) in [6.07, 6.45) is 0. The van der Waals surface area contributed by atoms with Crippen molar-refractivity contribution in [2.24, 2.45) is 0 Å². The molecule has 0 N–H and O–H groups in total. The van der Waals surface area contributed by atoms with Crippen molar-refractivity contribution in [3.05, 3.63) is 119 Å². The molecule has 0 aliphatic heterocycles. The zero-order valence-corrected chi connectivity index (χ0v) is 19.2. The van der Waals surface area contributed by atoms with Crippen LogP contribution in [-0.4, -0.2) is 0 Å². The number of fused-ring (bicyclic) bond motifs is 6. The van der Waals surface area contributed by atoms with Crippen molar-refractivity contribution >= 4 is 0 Å². The second-order valence-electron chi connectivity index (χ2n) is 9.88. The summed E-state index contributed by atoms with van der Waals surface area (Å²) in [5.74, 6) is 0. The maximum atomic E-state index is 2.38. The third kappa shape index (κ3) is 2.89. The van der Waals surface area contributed by atoms with Crippen molar-refractivity contribution in [2.45, 2.75) is 45.4 Å². The van der Waals surface area contributed by atoms with Gasteiger partial charge in [-0.25, -0.2) is 0 Å². The summed E-state index contributed by atoms with van der Waals surface area (Å²) in [7, 11) is 0. The Morgan fingerprint density at radius 1 is 0.419 bits per heavy atom. The molecule has 0 atom stereocenters. The van der Waals surface area contributed by atoms with Gasteiger partial charge < -0.3 is 0 Å². The average molecular weight is 403 g/mol. The van der Waals surface area contributed by atoms with Gasteiger partial charge in [0.25, 0.3) is 0 Å². The van der Waals surface area contributed by atoms with Crippen molar-refractivity contribution in [3.63, 3.8) is 0 Å². The molecule has 0 aromatic heterocycles. The van der Waals surface area contributed by atoms with Crippen LogP contribution in [-0.2, 0) is 10.8 Å². The van der Waals surface area contributed by atoms with Crippen LogP contribution in [0.2, 0.25) is 0 Å². The first kappa shape index (κ1) is 19.8. The summed E-state index contributed by atoms with van der Waals surface area (Å²) >= 11 is 0. The molecule has 1 aliphatic carbocycles. The van der Waals surface area contributed by atoms with Gasteiger partial charge in [-0.3, -0.25) is 0 Å². The summed E-state index contributed by atoms with van der Waals surface area (Å²) < 4.78 is 0. The number of hydrogen-bond acceptors (Lipinski definition) is 0. The van der Waals surface area contributed by atoms with Gasteiger partial charge in [-0.15, -0.1) is 0 Å². The Bertz CT molecular complexity index is 1290. The van der Waals surface area contributed by atoms with E-state index in [9.17, 15) is 0 Å². The van der Waals surface area contributed by atoms with E-state index in [1.54, 1.807) is 0 Å². The molecule has 0 heteroatoms. The molecular weight excluding hydrogens is 372 g/mol. The van der Waals surface area contributed by atoms with E-state index in [0.717, 1.165) is 0 Å². The van der Waals surface area contributed by atoms with E-state index in [1.165, 1.54) is 50.1 Å². The minimum atomic E-state index is -0.129. The molecular formula is C31H30. The van der Waals surface area contributed by atoms with E-state index in [1.807, 2.05) is 0 Å². The van der Waals surface area contributed by atoms with Crippen molar-refractivity contribution in [2.75, 3.05) is 0 Å². The molecule has 0 bridgehead atoms. The van der Waals surface area contributed by atoms with Crippen LogP contribution in [0.5, 0.6) is 0 Å². The average Bonchev–Trinajstić information content (AvgIpc) is 2.78. The molecule has 0 amide bonds. The quantitative estimate of drug-likeness (QED) is 0.277. The topological polar surface area (TPSA) is 0 Å². The van der Waals surface area contributed by atoms with E-state index in [4.69, 9.17) is 0 Å². The lowest BCUT2D eigenvalue weighted by atomic mass is 9.65. The molecule has 0 saturated heterocycles. The summed E-state index contributed by atoms with van der Waals surface area (Å²) in [6, 6.07) is 33.8. The Morgan fingerprint density at radius 3 is 1.42 bits per heavy atom. The largest absolute Gasteiger partial charge is 0.0619 e. The normalized spacial score (nSPS) is 15.8. The lowest BCUT2D eigenvalue weighted by Gasteiger charge is -2.38. The Labute approximate surface area is 186 Å². The van der Waals surface area contributed by atoms with E-state index in [-0.39, 0.29) is 10.8 Å². The van der Waals surface area contributed by atoms with Gasteiger partial charge in [0.15, 0.2) is 0 Å². The number of benzene rings is 4. The van der Waals surface area contributed by atoms with Gasteiger partial charge >= 0.3 is 0 Å². The molecule has 31 heavy (non-hydrogen) atoms. The first-order valence-corrected chi connectivity index (χ1v) is 11.2. The summed E-state index contributed by atoms with van der Waals surface area (Å²) in [6.45, 7) is 11.8. The van der Waals surface area contributed by atoms with Crippen LogP contribution >= 0.6 is 0 Å². The van der Waals surface area contributed by atoms with Crippen molar-refractivity contribution in [3.8, 4) is 22.3 Å². The molecule has 0 unspecified atom stereocenters. The van der Waals surface area contributed by atoms with Gasteiger partial charge in [-0.1, -0.05) is 119 Å². The highest BCUT2D eigenvalue weighted by Crippen LogP contribution is 2.49. The Balaban J connectivity index is 2.03. The lowest BCUT2D eigenvalue weighted by Crippen LogP contribution is -2.29. The van der Waals surface area contributed by atoms with Gasteiger partial charge in [-0.2, -0.15) is 0 Å². The van der Waals surface area contributed by atoms with Gasteiger partial charge in [0.1, 0.15) is 0 Å². The van der Waals surface area contributed by atoms with Crippen LogP contribution in [0.25, 0.3) is 22.3 Å². The first-order chi connectivity index (χ1) is 14.8. The molecule has 0 fully saturated rings. The summed E-state index contributed by atoms with van der Waals surface area (Å²) in [5, 5.41) is 0. The predicted octanol–water partition coefficient (Wildman–Crippen LogP) is 8.29. The second-order valence-corrected chi connectivity index (χ2v) is 9.88. The lowest BCUT2D eigenvalue weighted by molar-refractivity contribution is 0.579. The van der Waals surface area contributed by atoms with Gasteiger partial charge in [0.2, 0.25) is 0 Å². The zero-order chi connectivity index (χ0) is 21.8. The van der Waals surface area contributed by atoms with Gasteiger partial charge in [0, 0.05) is 10.8 Å². The van der Waals surface area contributed by atoms with E-state index in [2.05, 4.69) is 126 Å². The molecule has 154 valence electrons. The predicted molar refractivity (Wildman–Crippen MR) is 133 cm³/mol. The molecule has 0 radical (unpaired) electrons. The van der Waals surface area contributed by atoms with E-state index >= 15 is 0 Å². The van der Waals surface area contributed by atoms with Crippen LogP contribution in [0.4, 0.5) is 0 Å². The Morgan fingerprint density at radius 2 is 0.839 bits per heavy atom. The summed E-state index contributed by atoms with van der Waals surface area (Å²) in [4.78, 5) is 0.